The lowest BCUT2D eigenvalue weighted by Gasteiger charge is -2.23. The third-order valence-electron chi connectivity index (χ3n) is 7.04. The van der Waals surface area contributed by atoms with Gasteiger partial charge in [0.25, 0.3) is 0 Å². The molecule has 1 N–H and O–H groups in total. The van der Waals surface area contributed by atoms with Crippen LogP contribution in [-0.2, 0) is 17.8 Å². The fourth-order valence-electron chi connectivity index (χ4n) is 4.94. The van der Waals surface area contributed by atoms with Crippen molar-refractivity contribution in [1.29, 1.82) is 0 Å². The largest absolute Gasteiger partial charge is 0.491 e. The number of nitrogens with zero attached hydrogens (tertiary/aromatic N) is 2. The van der Waals surface area contributed by atoms with E-state index in [0.717, 1.165) is 58.0 Å². The quantitative estimate of drug-likeness (QED) is 0.257. The maximum Gasteiger partial charge on any atom is 0.304 e. The highest BCUT2D eigenvalue weighted by Crippen LogP contribution is 2.37. The minimum atomic E-state index is -0.869. The van der Waals surface area contributed by atoms with Gasteiger partial charge in [0.15, 0.2) is 0 Å². The van der Waals surface area contributed by atoms with Crippen LogP contribution < -0.4 is 4.74 Å². The number of fused-ring (bicyclic) bond motifs is 1. The molecule has 0 radical (unpaired) electrons. The van der Waals surface area contributed by atoms with Gasteiger partial charge in [0.1, 0.15) is 18.2 Å². The van der Waals surface area contributed by atoms with E-state index in [1.165, 1.54) is 0 Å². The summed E-state index contributed by atoms with van der Waals surface area (Å²) in [6, 6.07) is 17.7. The molecule has 1 unspecified atom stereocenters. The molecule has 7 heteroatoms. The van der Waals surface area contributed by atoms with E-state index in [9.17, 15) is 14.3 Å². The average Bonchev–Trinajstić information content (AvgIpc) is 3.12. The predicted octanol–water partition coefficient (Wildman–Crippen LogP) is 7.47. The summed E-state index contributed by atoms with van der Waals surface area (Å²) in [6.45, 7) is 10.9. The molecule has 3 aromatic rings. The zero-order valence-corrected chi connectivity index (χ0v) is 25.5. The molecular weight excluding hydrogens is 523 g/mol. The molecule has 1 atom stereocenters. The molecular formula is C33H43FN2O3S. The van der Waals surface area contributed by atoms with Gasteiger partial charge in [-0.2, -0.15) is 0 Å². The van der Waals surface area contributed by atoms with Crippen LogP contribution in [0.4, 0.5) is 4.39 Å². The monoisotopic (exact) mass is 566 g/mol. The molecule has 40 heavy (non-hydrogen) atoms. The number of carboxylic acid groups (broad SMARTS) is 1. The summed E-state index contributed by atoms with van der Waals surface area (Å²) >= 11 is 1.69. The van der Waals surface area contributed by atoms with Crippen LogP contribution in [-0.4, -0.2) is 54.1 Å². The number of carbonyl (C=O) groups is 1. The van der Waals surface area contributed by atoms with E-state index in [0.29, 0.717) is 25.1 Å². The minimum absolute atomic E-state index is 0.0498. The van der Waals surface area contributed by atoms with Crippen molar-refractivity contribution < 1.29 is 19.0 Å². The van der Waals surface area contributed by atoms with Gasteiger partial charge in [0, 0.05) is 19.0 Å². The van der Waals surface area contributed by atoms with Crippen LogP contribution in [0.15, 0.2) is 59.5 Å². The minimum Gasteiger partial charge on any atom is -0.491 e. The Labute approximate surface area is 243 Å². The van der Waals surface area contributed by atoms with Gasteiger partial charge in [-0.1, -0.05) is 50.2 Å². The Balaban J connectivity index is 0.00000216. The van der Waals surface area contributed by atoms with Crippen LogP contribution >= 0.6 is 11.9 Å². The molecule has 1 heterocycles. The first kappa shape index (κ1) is 31.7. The Morgan fingerprint density at radius 1 is 1.07 bits per heavy atom. The molecule has 0 spiro atoms. The Hall–Kier alpha value is -2.87. The van der Waals surface area contributed by atoms with Crippen molar-refractivity contribution in [2.24, 2.45) is 0 Å². The topological polar surface area (TPSA) is 53.0 Å². The number of halogens is 1. The van der Waals surface area contributed by atoms with Gasteiger partial charge in [0.2, 0.25) is 0 Å². The second-order valence-electron chi connectivity index (χ2n) is 10.3. The number of hydrogen-bond donors (Lipinski definition) is 1. The van der Waals surface area contributed by atoms with E-state index >= 15 is 0 Å². The van der Waals surface area contributed by atoms with Crippen molar-refractivity contribution in [3.05, 3.63) is 93.8 Å². The predicted molar refractivity (Wildman–Crippen MR) is 163 cm³/mol. The van der Waals surface area contributed by atoms with Crippen molar-refractivity contribution >= 4 is 17.9 Å². The van der Waals surface area contributed by atoms with Gasteiger partial charge in [-0.25, -0.2) is 8.70 Å². The molecule has 5 nitrogen and oxygen atoms in total. The Bertz CT molecular complexity index is 1280. The van der Waals surface area contributed by atoms with Gasteiger partial charge >= 0.3 is 5.97 Å². The molecule has 0 fully saturated rings. The number of hydrogen-bond acceptors (Lipinski definition) is 5. The van der Waals surface area contributed by atoms with Crippen molar-refractivity contribution in [2.75, 3.05) is 33.8 Å². The third kappa shape index (κ3) is 8.56. The van der Waals surface area contributed by atoms with Crippen LogP contribution in [0, 0.1) is 19.7 Å². The third-order valence-corrected chi connectivity index (χ3v) is 8.14. The normalized spacial score (nSPS) is 14.0. The van der Waals surface area contributed by atoms with E-state index in [4.69, 9.17) is 4.74 Å². The number of rotatable bonds is 10. The number of aliphatic carboxylic acids is 1. The van der Waals surface area contributed by atoms with Crippen LogP contribution in [0.2, 0.25) is 0 Å². The zero-order chi connectivity index (χ0) is 29.2. The molecule has 0 saturated carbocycles. The highest BCUT2D eigenvalue weighted by molar-refractivity contribution is 7.97. The summed E-state index contributed by atoms with van der Waals surface area (Å²) < 4.78 is 23.1. The van der Waals surface area contributed by atoms with Crippen molar-refractivity contribution in [3.63, 3.8) is 0 Å². The Morgan fingerprint density at radius 2 is 1.82 bits per heavy atom. The molecule has 1 aliphatic heterocycles. The van der Waals surface area contributed by atoms with E-state index < -0.39 is 5.97 Å². The number of aryl methyl sites for hydroxylation is 3. The molecule has 0 bridgehead atoms. The summed E-state index contributed by atoms with van der Waals surface area (Å²) in [5.41, 5.74) is 5.56. The summed E-state index contributed by atoms with van der Waals surface area (Å²) in [5, 5.41) is 9.83. The first-order valence-electron chi connectivity index (χ1n) is 14.1. The number of carboxylic acids is 1. The molecule has 4 rings (SSSR count). The number of benzene rings is 3. The molecule has 216 valence electrons. The molecule has 0 aromatic heterocycles. The van der Waals surface area contributed by atoms with Gasteiger partial charge < -0.3 is 14.7 Å². The lowest BCUT2D eigenvalue weighted by atomic mass is 9.83. The standard InChI is InChI=1S/C31H37FN2O3S.C2H6/c1-21-11-12-23(17-25(21)20-34-14-15-37-29-9-5-6-10-30(29)38-34)27(19-31(35)36)26-18-24(8-7-13-33(3)4)28(32)16-22(26)2;1-2/h5-6,9-12,16-18,27H,7-8,13-15,19-20H2,1-4H3,(H,35,36);1-2H3. The lowest BCUT2D eigenvalue weighted by Crippen LogP contribution is -2.20. The first-order chi connectivity index (χ1) is 19.2. The fraction of sp³-hybridized carbons (Fsp3) is 0.424. The summed E-state index contributed by atoms with van der Waals surface area (Å²) in [5.74, 6) is -0.544. The molecule has 0 saturated heterocycles. The van der Waals surface area contributed by atoms with Gasteiger partial charge in [0.05, 0.1) is 11.3 Å². The van der Waals surface area contributed by atoms with Gasteiger partial charge in [-0.05, 0) is 111 Å². The van der Waals surface area contributed by atoms with Crippen LogP contribution in [0.5, 0.6) is 5.75 Å². The summed E-state index contributed by atoms with van der Waals surface area (Å²) in [7, 11) is 4.01. The number of ether oxygens (including phenoxy) is 1. The van der Waals surface area contributed by atoms with E-state index in [1.54, 1.807) is 18.0 Å². The summed E-state index contributed by atoms with van der Waals surface area (Å²) in [4.78, 5) is 15.2. The van der Waals surface area contributed by atoms with Crippen LogP contribution in [0.1, 0.15) is 66.0 Å². The van der Waals surface area contributed by atoms with Crippen molar-refractivity contribution in [1.82, 2.24) is 9.21 Å². The second kappa shape index (κ2) is 15.2. The lowest BCUT2D eigenvalue weighted by molar-refractivity contribution is -0.137. The van der Waals surface area contributed by atoms with Gasteiger partial charge in [-0.3, -0.25) is 4.79 Å². The maximum absolute atomic E-state index is 14.9. The molecule has 3 aromatic carbocycles. The van der Waals surface area contributed by atoms with Crippen molar-refractivity contribution in [3.8, 4) is 5.75 Å². The van der Waals surface area contributed by atoms with Crippen LogP contribution in [0.25, 0.3) is 0 Å². The van der Waals surface area contributed by atoms with Gasteiger partial charge in [-0.15, -0.1) is 0 Å². The highest BCUT2D eigenvalue weighted by atomic mass is 32.2. The zero-order valence-electron chi connectivity index (χ0n) is 24.7. The average molecular weight is 567 g/mol. The Morgan fingerprint density at radius 3 is 2.55 bits per heavy atom. The van der Waals surface area contributed by atoms with Crippen LogP contribution in [0.3, 0.4) is 0 Å². The second-order valence-corrected chi connectivity index (χ2v) is 11.4. The molecule has 1 aliphatic rings. The van der Waals surface area contributed by atoms with E-state index in [-0.39, 0.29) is 18.2 Å². The first-order valence-corrected chi connectivity index (χ1v) is 14.9. The molecule has 0 aliphatic carbocycles. The smallest absolute Gasteiger partial charge is 0.304 e. The number of para-hydroxylation sites is 1. The summed E-state index contributed by atoms with van der Waals surface area (Å²) in [6.07, 6.45) is 1.41. The maximum atomic E-state index is 14.9. The van der Waals surface area contributed by atoms with Crippen molar-refractivity contribution in [2.45, 2.75) is 64.3 Å². The van der Waals surface area contributed by atoms with E-state index in [2.05, 4.69) is 34.3 Å². The highest BCUT2D eigenvalue weighted by Gasteiger charge is 2.23. The fourth-order valence-corrected chi connectivity index (χ4v) is 5.94. The SMILES string of the molecule is CC.Cc1ccc(C(CC(=O)O)c2cc(CCCN(C)C)c(F)cc2C)cc1CN1CCOc2ccccc2S1. The Kier molecular flexibility index (Phi) is 12.0. The van der Waals surface area contributed by atoms with E-state index in [1.807, 2.05) is 65.2 Å². The molecule has 0 amide bonds.